The van der Waals surface area contributed by atoms with Gasteiger partial charge >= 0.3 is 0 Å². The highest BCUT2D eigenvalue weighted by atomic mass is 32.1. The highest BCUT2D eigenvalue weighted by molar-refractivity contribution is 7.80. The monoisotopic (exact) mass is 151 g/mol. The van der Waals surface area contributed by atoms with E-state index in [1.807, 2.05) is 18.2 Å². The zero-order chi connectivity index (χ0) is 6.97. The third-order valence-corrected chi connectivity index (χ3v) is 1.61. The summed E-state index contributed by atoms with van der Waals surface area (Å²) in [5, 5.41) is 4.63. The van der Waals surface area contributed by atoms with Crippen LogP contribution in [-0.4, -0.2) is 5.16 Å². The van der Waals surface area contributed by atoms with E-state index in [9.17, 15) is 0 Å². The molecule has 50 valence electrons. The first-order valence-corrected chi connectivity index (χ1v) is 3.34. The smallest absolute Gasteiger partial charge is 0.166 e. The Kier molecular flexibility index (Phi) is 1.17. The summed E-state index contributed by atoms with van der Waals surface area (Å²) in [6.07, 6.45) is 1.68. The van der Waals surface area contributed by atoms with Gasteiger partial charge in [-0.3, -0.25) is 0 Å². The number of thiol groups is 1. The van der Waals surface area contributed by atoms with Crippen molar-refractivity contribution in [3.8, 4) is 0 Å². The number of benzene rings is 1. The van der Waals surface area contributed by atoms with Crippen molar-refractivity contribution in [2.75, 3.05) is 0 Å². The van der Waals surface area contributed by atoms with Crippen molar-refractivity contribution in [3.63, 3.8) is 0 Å². The summed E-state index contributed by atoms with van der Waals surface area (Å²) in [4.78, 5) is 0.927. The van der Waals surface area contributed by atoms with Gasteiger partial charge in [-0.2, -0.15) is 0 Å². The molecule has 0 N–H and O–H groups in total. The number of rotatable bonds is 0. The van der Waals surface area contributed by atoms with Crippen LogP contribution in [0.3, 0.4) is 0 Å². The van der Waals surface area contributed by atoms with Gasteiger partial charge in [0.2, 0.25) is 0 Å². The molecule has 0 fully saturated rings. The minimum atomic E-state index is 0.804. The normalized spacial score (nSPS) is 10.5. The van der Waals surface area contributed by atoms with Crippen LogP contribution in [0, 0.1) is 0 Å². The number of nitrogens with zero attached hydrogens (tertiary/aromatic N) is 1. The van der Waals surface area contributed by atoms with Crippen LogP contribution >= 0.6 is 12.6 Å². The summed E-state index contributed by atoms with van der Waals surface area (Å²) in [6.45, 7) is 0. The van der Waals surface area contributed by atoms with Gasteiger partial charge in [-0.05, 0) is 18.2 Å². The van der Waals surface area contributed by atoms with Crippen molar-refractivity contribution >= 4 is 23.6 Å². The van der Waals surface area contributed by atoms with Crippen molar-refractivity contribution in [3.05, 3.63) is 24.4 Å². The van der Waals surface area contributed by atoms with Crippen molar-refractivity contribution in [1.29, 1.82) is 0 Å². The maximum atomic E-state index is 4.89. The Labute approximate surface area is 63.2 Å². The highest BCUT2D eigenvalue weighted by Crippen LogP contribution is 2.16. The Hall–Kier alpha value is -0.960. The van der Waals surface area contributed by atoms with E-state index in [0.717, 1.165) is 15.9 Å². The van der Waals surface area contributed by atoms with Crippen LogP contribution < -0.4 is 0 Å². The van der Waals surface area contributed by atoms with Crippen molar-refractivity contribution in [2.45, 2.75) is 4.90 Å². The van der Waals surface area contributed by atoms with E-state index in [2.05, 4.69) is 17.8 Å². The molecule has 0 unspecified atom stereocenters. The first-order chi connectivity index (χ1) is 4.86. The molecule has 0 bridgehead atoms. The van der Waals surface area contributed by atoms with E-state index in [1.165, 1.54) is 0 Å². The molecule has 2 aromatic rings. The molecule has 3 heteroatoms. The van der Waals surface area contributed by atoms with Crippen molar-refractivity contribution < 1.29 is 4.52 Å². The molecule has 0 aliphatic carbocycles. The number of hydrogen-bond donors (Lipinski definition) is 1. The Morgan fingerprint density at radius 1 is 1.40 bits per heavy atom. The summed E-state index contributed by atoms with van der Waals surface area (Å²) < 4.78 is 4.89. The van der Waals surface area contributed by atoms with Gasteiger partial charge < -0.3 is 4.52 Å². The van der Waals surface area contributed by atoms with Gasteiger partial charge in [-0.25, -0.2) is 0 Å². The van der Waals surface area contributed by atoms with E-state index in [1.54, 1.807) is 6.20 Å². The van der Waals surface area contributed by atoms with Crippen LogP contribution in [0.25, 0.3) is 11.0 Å². The standard InChI is InChI=1S/C7H5NOS/c10-6-1-2-7-5(3-6)4-8-9-7/h1-4,10H. The number of hydrogen-bond acceptors (Lipinski definition) is 3. The molecular formula is C7H5NOS. The van der Waals surface area contributed by atoms with E-state index in [4.69, 9.17) is 4.52 Å². The van der Waals surface area contributed by atoms with Gasteiger partial charge in [0.15, 0.2) is 5.58 Å². The van der Waals surface area contributed by atoms with E-state index < -0.39 is 0 Å². The second-order valence-electron chi connectivity index (χ2n) is 2.05. The lowest BCUT2D eigenvalue weighted by Gasteiger charge is -1.86. The SMILES string of the molecule is Sc1ccc2oncc2c1. The molecule has 0 atom stereocenters. The predicted molar refractivity (Wildman–Crippen MR) is 41.3 cm³/mol. The fraction of sp³-hybridized carbons (Fsp3) is 0. The van der Waals surface area contributed by atoms with Crippen molar-refractivity contribution in [2.24, 2.45) is 0 Å². The van der Waals surface area contributed by atoms with Gasteiger partial charge in [-0.1, -0.05) is 5.16 Å². The summed E-state index contributed by atoms with van der Waals surface area (Å²) in [6, 6.07) is 5.64. The summed E-state index contributed by atoms with van der Waals surface area (Å²) in [7, 11) is 0. The zero-order valence-corrected chi connectivity index (χ0v) is 6.01. The molecule has 0 saturated carbocycles. The molecule has 0 radical (unpaired) electrons. The second-order valence-corrected chi connectivity index (χ2v) is 2.56. The zero-order valence-electron chi connectivity index (χ0n) is 5.11. The first kappa shape index (κ1) is 5.80. The Morgan fingerprint density at radius 3 is 3.20 bits per heavy atom. The quantitative estimate of drug-likeness (QED) is 0.583. The average Bonchev–Trinajstić information content (AvgIpc) is 2.33. The maximum Gasteiger partial charge on any atom is 0.166 e. The fourth-order valence-corrected chi connectivity index (χ4v) is 1.07. The van der Waals surface area contributed by atoms with Gasteiger partial charge in [0, 0.05) is 10.3 Å². The molecule has 1 aromatic carbocycles. The Balaban J connectivity index is 2.86. The van der Waals surface area contributed by atoms with Crippen LogP contribution in [0.15, 0.2) is 33.8 Å². The summed E-state index contributed by atoms with van der Waals surface area (Å²) in [5.74, 6) is 0. The topological polar surface area (TPSA) is 26.0 Å². The Bertz CT molecular complexity index is 355. The fourth-order valence-electron chi connectivity index (χ4n) is 0.860. The lowest BCUT2D eigenvalue weighted by Crippen LogP contribution is -1.63. The third-order valence-electron chi connectivity index (χ3n) is 1.34. The third kappa shape index (κ3) is 0.789. The largest absolute Gasteiger partial charge is 0.356 e. The first-order valence-electron chi connectivity index (χ1n) is 2.90. The minimum absolute atomic E-state index is 0.804. The van der Waals surface area contributed by atoms with Crippen LogP contribution in [-0.2, 0) is 0 Å². The molecule has 1 heterocycles. The Morgan fingerprint density at radius 2 is 2.30 bits per heavy atom. The van der Waals surface area contributed by atoms with E-state index in [-0.39, 0.29) is 0 Å². The van der Waals surface area contributed by atoms with Gasteiger partial charge in [0.05, 0.1) is 6.20 Å². The molecule has 10 heavy (non-hydrogen) atoms. The molecular weight excluding hydrogens is 146 g/mol. The molecule has 0 saturated heterocycles. The lowest BCUT2D eigenvalue weighted by atomic mass is 10.3. The second kappa shape index (κ2) is 2.02. The number of fused-ring (bicyclic) bond motifs is 1. The van der Waals surface area contributed by atoms with Gasteiger partial charge in [-0.15, -0.1) is 12.6 Å². The summed E-state index contributed by atoms with van der Waals surface area (Å²) in [5.41, 5.74) is 0.804. The molecule has 0 amide bonds. The van der Waals surface area contributed by atoms with Crippen LogP contribution in [0.4, 0.5) is 0 Å². The maximum absolute atomic E-state index is 4.89. The molecule has 2 rings (SSSR count). The lowest BCUT2D eigenvalue weighted by molar-refractivity contribution is 0.456. The van der Waals surface area contributed by atoms with Crippen LogP contribution in [0.1, 0.15) is 0 Å². The average molecular weight is 151 g/mol. The minimum Gasteiger partial charge on any atom is -0.356 e. The molecule has 1 aromatic heterocycles. The molecule has 0 aliphatic heterocycles. The van der Waals surface area contributed by atoms with Gasteiger partial charge in [0.25, 0.3) is 0 Å². The van der Waals surface area contributed by atoms with E-state index >= 15 is 0 Å². The van der Waals surface area contributed by atoms with Gasteiger partial charge in [0.1, 0.15) is 0 Å². The summed E-state index contributed by atoms with van der Waals surface area (Å²) >= 11 is 4.17. The molecule has 0 spiro atoms. The highest BCUT2D eigenvalue weighted by Gasteiger charge is 1.95. The number of aromatic nitrogens is 1. The van der Waals surface area contributed by atoms with Crippen LogP contribution in [0.2, 0.25) is 0 Å². The predicted octanol–water partition coefficient (Wildman–Crippen LogP) is 2.12. The van der Waals surface area contributed by atoms with Crippen molar-refractivity contribution in [1.82, 2.24) is 5.16 Å². The molecule has 0 aliphatic rings. The van der Waals surface area contributed by atoms with E-state index in [0.29, 0.717) is 0 Å². The molecule has 2 nitrogen and oxygen atoms in total. The van der Waals surface area contributed by atoms with Crippen LogP contribution in [0.5, 0.6) is 0 Å².